The molecular weight excluding hydrogens is 284 g/mol. The summed E-state index contributed by atoms with van der Waals surface area (Å²) in [5.74, 6) is 0. The van der Waals surface area contributed by atoms with Gasteiger partial charge >= 0.3 is 0 Å². The predicted octanol–water partition coefficient (Wildman–Crippen LogP) is 4.30. The third kappa shape index (κ3) is 2.46. The Morgan fingerprint density at radius 3 is 2.57 bits per heavy atom. The van der Waals surface area contributed by atoms with Crippen LogP contribution in [0.5, 0.6) is 0 Å². The first-order valence-electron chi connectivity index (χ1n) is 7.84. The molecule has 0 unspecified atom stereocenters. The zero-order valence-electron chi connectivity index (χ0n) is 13.6. The van der Waals surface area contributed by atoms with E-state index in [4.69, 9.17) is 4.98 Å². The lowest BCUT2D eigenvalue weighted by molar-refractivity contribution is 0.513. The van der Waals surface area contributed by atoms with Crippen molar-refractivity contribution in [3.63, 3.8) is 0 Å². The van der Waals surface area contributed by atoms with E-state index in [0.29, 0.717) is 0 Å². The van der Waals surface area contributed by atoms with Crippen molar-refractivity contribution in [1.29, 1.82) is 0 Å². The Hall–Kier alpha value is -2.75. The van der Waals surface area contributed by atoms with Crippen LogP contribution in [0.15, 0.2) is 60.9 Å². The maximum Gasteiger partial charge on any atom is 0.155 e. The highest BCUT2D eigenvalue weighted by Gasteiger charge is 2.13. The fourth-order valence-corrected chi connectivity index (χ4v) is 2.89. The van der Waals surface area contributed by atoms with Gasteiger partial charge in [-0.15, -0.1) is 0 Å². The molecule has 2 aromatic carbocycles. The van der Waals surface area contributed by atoms with E-state index in [2.05, 4.69) is 74.9 Å². The minimum atomic E-state index is -0.0180. The van der Waals surface area contributed by atoms with Crippen molar-refractivity contribution in [2.75, 3.05) is 5.43 Å². The fourth-order valence-electron chi connectivity index (χ4n) is 2.89. The molecule has 4 nitrogen and oxygen atoms in total. The molecule has 0 aliphatic carbocycles. The van der Waals surface area contributed by atoms with Gasteiger partial charge in [-0.1, -0.05) is 42.5 Å². The summed E-state index contributed by atoms with van der Waals surface area (Å²) >= 11 is 0. The molecule has 0 aliphatic heterocycles. The highest BCUT2D eigenvalue weighted by atomic mass is 15.6. The molecule has 4 heteroatoms. The average Bonchev–Trinajstić information content (AvgIpc) is 3.07. The van der Waals surface area contributed by atoms with Gasteiger partial charge in [-0.2, -0.15) is 0 Å². The van der Waals surface area contributed by atoms with Gasteiger partial charge in [0.15, 0.2) is 5.65 Å². The van der Waals surface area contributed by atoms with Crippen molar-refractivity contribution in [3.05, 3.63) is 60.9 Å². The van der Waals surface area contributed by atoms with Crippen molar-refractivity contribution >= 4 is 16.4 Å². The molecule has 0 spiro atoms. The molecule has 0 radical (unpaired) electrons. The summed E-state index contributed by atoms with van der Waals surface area (Å²) in [7, 11) is 0. The number of nitrogens with one attached hydrogen (secondary N) is 1. The van der Waals surface area contributed by atoms with E-state index in [1.165, 1.54) is 10.8 Å². The molecule has 0 bridgehead atoms. The maximum absolute atomic E-state index is 4.79. The smallest absolute Gasteiger partial charge is 0.155 e. The second kappa shape index (κ2) is 4.88. The molecule has 0 amide bonds. The molecule has 23 heavy (non-hydrogen) atoms. The van der Waals surface area contributed by atoms with E-state index in [9.17, 15) is 0 Å². The molecule has 0 saturated carbocycles. The molecule has 4 aromatic rings. The third-order valence-corrected chi connectivity index (χ3v) is 3.83. The first-order chi connectivity index (χ1) is 11.0. The molecule has 1 N–H and O–H groups in total. The van der Waals surface area contributed by atoms with Crippen LogP contribution in [0.1, 0.15) is 20.8 Å². The summed E-state index contributed by atoms with van der Waals surface area (Å²) in [6.45, 7) is 6.42. The van der Waals surface area contributed by atoms with Crippen LogP contribution >= 0.6 is 0 Å². The lowest BCUT2D eigenvalue weighted by Gasteiger charge is -2.23. The van der Waals surface area contributed by atoms with Gasteiger partial charge in [0.1, 0.15) is 0 Å². The second-order valence-corrected chi connectivity index (χ2v) is 6.88. The average molecular weight is 304 g/mol. The van der Waals surface area contributed by atoms with Gasteiger partial charge in [0.25, 0.3) is 0 Å². The van der Waals surface area contributed by atoms with Crippen molar-refractivity contribution < 1.29 is 0 Å². The highest BCUT2D eigenvalue weighted by molar-refractivity contribution is 5.95. The largest absolute Gasteiger partial charge is 0.306 e. The third-order valence-electron chi connectivity index (χ3n) is 3.83. The summed E-state index contributed by atoms with van der Waals surface area (Å²) in [5.41, 5.74) is 6.51. The van der Waals surface area contributed by atoms with Crippen LogP contribution in [-0.2, 0) is 0 Å². The maximum atomic E-state index is 4.79. The van der Waals surface area contributed by atoms with E-state index in [-0.39, 0.29) is 5.54 Å². The van der Waals surface area contributed by atoms with Crippen molar-refractivity contribution in [1.82, 2.24) is 14.3 Å². The van der Waals surface area contributed by atoms with E-state index in [1.807, 2.05) is 21.6 Å². The van der Waals surface area contributed by atoms with Crippen molar-refractivity contribution in [3.8, 4) is 11.3 Å². The van der Waals surface area contributed by atoms with Crippen LogP contribution in [0.25, 0.3) is 27.7 Å². The summed E-state index contributed by atoms with van der Waals surface area (Å²) in [4.78, 5) is 6.77. The molecule has 0 saturated heterocycles. The standard InChI is InChI=1S/C19H20N4/c1-19(2,3)21-23-12-11-18-20-17(13-22(18)23)16-10-6-8-14-7-4-5-9-15(14)16/h4-13,21H,1-3H3. The Labute approximate surface area is 135 Å². The van der Waals surface area contributed by atoms with Gasteiger partial charge in [0, 0.05) is 23.4 Å². The highest BCUT2D eigenvalue weighted by Crippen LogP contribution is 2.28. The summed E-state index contributed by atoms with van der Waals surface area (Å²) in [6, 6.07) is 16.8. The number of benzene rings is 2. The van der Waals surface area contributed by atoms with Gasteiger partial charge in [0.05, 0.1) is 11.9 Å². The van der Waals surface area contributed by atoms with Crippen molar-refractivity contribution in [2.24, 2.45) is 0 Å². The minimum absolute atomic E-state index is 0.0180. The normalized spacial score (nSPS) is 12.1. The Kier molecular flexibility index (Phi) is 2.94. The fraction of sp³-hybridized carbons (Fsp3) is 0.211. The number of hydrogen-bond donors (Lipinski definition) is 1. The topological polar surface area (TPSA) is 34.3 Å². The molecule has 0 fully saturated rings. The molecule has 116 valence electrons. The number of hydrogen-bond acceptors (Lipinski definition) is 2. The van der Waals surface area contributed by atoms with Crippen LogP contribution < -0.4 is 5.43 Å². The van der Waals surface area contributed by atoms with Crippen LogP contribution in [0.4, 0.5) is 0 Å². The Balaban J connectivity index is 1.86. The van der Waals surface area contributed by atoms with E-state index in [1.54, 1.807) is 0 Å². The second-order valence-electron chi connectivity index (χ2n) is 6.88. The van der Waals surface area contributed by atoms with Gasteiger partial charge in [0.2, 0.25) is 0 Å². The number of rotatable bonds is 2. The van der Waals surface area contributed by atoms with Crippen LogP contribution in [0, 0.1) is 0 Å². The van der Waals surface area contributed by atoms with E-state index >= 15 is 0 Å². The molecular formula is C19H20N4. The van der Waals surface area contributed by atoms with E-state index in [0.717, 1.165) is 16.9 Å². The van der Waals surface area contributed by atoms with Crippen LogP contribution in [0.3, 0.4) is 0 Å². The number of nitrogens with zero attached hydrogens (tertiary/aromatic N) is 3. The molecule has 0 aliphatic rings. The van der Waals surface area contributed by atoms with Crippen molar-refractivity contribution in [2.45, 2.75) is 26.3 Å². The number of aromatic nitrogens is 3. The predicted molar refractivity (Wildman–Crippen MR) is 95.2 cm³/mol. The Bertz CT molecular complexity index is 980. The molecule has 4 rings (SSSR count). The lowest BCUT2D eigenvalue weighted by Crippen LogP contribution is -2.35. The number of imidazole rings is 1. The molecule has 2 aromatic heterocycles. The quantitative estimate of drug-likeness (QED) is 0.599. The van der Waals surface area contributed by atoms with E-state index < -0.39 is 0 Å². The van der Waals surface area contributed by atoms with Gasteiger partial charge in [-0.05, 0) is 31.5 Å². The van der Waals surface area contributed by atoms with Gasteiger partial charge in [-0.25, -0.2) is 14.3 Å². The Morgan fingerprint density at radius 1 is 0.957 bits per heavy atom. The number of fused-ring (bicyclic) bond motifs is 2. The Morgan fingerprint density at radius 2 is 1.74 bits per heavy atom. The summed E-state index contributed by atoms with van der Waals surface area (Å²) < 4.78 is 2.04. The summed E-state index contributed by atoms with van der Waals surface area (Å²) in [5, 5.41) is 2.46. The summed E-state index contributed by atoms with van der Waals surface area (Å²) in [6.07, 6.45) is 4.08. The lowest BCUT2D eigenvalue weighted by atomic mass is 10.0. The first kappa shape index (κ1) is 13.9. The molecule has 0 atom stereocenters. The first-order valence-corrected chi connectivity index (χ1v) is 7.84. The van der Waals surface area contributed by atoms with Crippen LogP contribution in [0.2, 0.25) is 0 Å². The monoisotopic (exact) mass is 304 g/mol. The van der Waals surface area contributed by atoms with Gasteiger partial charge < -0.3 is 5.43 Å². The van der Waals surface area contributed by atoms with Gasteiger partial charge in [-0.3, -0.25) is 0 Å². The zero-order chi connectivity index (χ0) is 16.0. The van der Waals surface area contributed by atoms with Crippen LogP contribution in [-0.4, -0.2) is 19.8 Å². The zero-order valence-corrected chi connectivity index (χ0v) is 13.6. The SMILES string of the molecule is CC(C)(C)Nn1ccc2nc(-c3cccc4ccccc34)cn21. The molecule has 2 heterocycles. The minimum Gasteiger partial charge on any atom is -0.306 e.